The zero-order chi connectivity index (χ0) is 13.7. The quantitative estimate of drug-likeness (QED) is 0.850. The zero-order valence-corrected chi connectivity index (χ0v) is 10.8. The molecule has 5 heteroatoms. The number of nitrogens with one attached hydrogen (secondary N) is 1. The summed E-state index contributed by atoms with van der Waals surface area (Å²) in [4.78, 5) is 11.9. The molecule has 1 N–H and O–H groups in total. The Kier molecular flexibility index (Phi) is 4.07. The molecule has 0 amide bonds. The Morgan fingerprint density at radius 3 is 2.68 bits per heavy atom. The van der Waals surface area contributed by atoms with Crippen LogP contribution in [-0.2, 0) is 9.53 Å². The van der Waals surface area contributed by atoms with Gasteiger partial charge in [0.25, 0.3) is 0 Å². The third-order valence-electron chi connectivity index (χ3n) is 2.65. The standard InChI is InChI=1S/C14H15N3O2/c1-10-8-12(17-15-9-10)16-13(14(18)19-2)11-6-4-3-5-7-11/h3-9,13H,1-2H3,(H,16,17). The maximum absolute atomic E-state index is 11.9. The van der Waals surface area contributed by atoms with Crippen molar-refractivity contribution in [2.45, 2.75) is 13.0 Å². The number of rotatable bonds is 4. The molecular formula is C14H15N3O2. The van der Waals surface area contributed by atoms with Crippen LogP contribution < -0.4 is 5.32 Å². The van der Waals surface area contributed by atoms with Gasteiger partial charge in [0.15, 0.2) is 6.04 Å². The summed E-state index contributed by atoms with van der Waals surface area (Å²) in [5, 5.41) is 10.8. The maximum atomic E-state index is 11.9. The van der Waals surface area contributed by atoms with Crippen molar-refractivity contribution in [2.24, 2.45) is 0 Å². The molecule has 19 heavy (non-hydrogen) atoms. The molecule has 0 aliphatic heterocycles. The highest BCUT2D eigenvalue weighted by atomic mass is 16.5. The summed E-state index contributed by atoms with van der Waals surface area (Å²) in [5.41, 5.74) is 1.78. The number of methoxy groups -OCH3 is 1. The lowest BCUT2D eigenvalue weighted by Crippen LogP contribution is -2.23. The van der Waals surface area contributed by atoms with E-state index in [0.717, 1.165) is 11.1 Å². The molecule has 0 radical (unpaired) electrons. The van der Waals surface area contributed by atoms with Crippen molar-refractivity contribution < 1.29 is 9.53 Å². The molecule has 0 aliphatic carbocycles. The smallest absolute Gasteiger partial charge is 0.333 e. The number of nitrogens with zero attached hydrogens (tertiary/aromatic N) is 2. The summed E-state index contributed by atoms with van der Waals surface area (Å²) in [6.45, 7) is 1.91. The van der Waals surface area contributed by atoms with Crippen LogP contribution in [0.3, 0.4) is 0 Å². The average Bonchev–Trinajstić information content (AvgIpc) is 2.45. The van der Waals surface area contributed by atoms with Gasteiger partial charge in [-0.15, -0.1) is 5.10 Å². The van der Waals surface area contributed by atoms with Crippen molar-refractivity contribution in [3.8, 4) is 0 Å². The van der Waals surface area contributed by atoms with E-state index in [9.17, 15) is 4.79 Å². The lowest BCUT2D eigenvalue weighted by molar-refractivity contribution is -0.141. The summed E-state index contributed by atoms with van der Waals surface area (Å²) in [7, 11) is 1.36. The van der Waals surface area contributed by atoms with Gasteiger partial charge in [-0.3, -0.25) is 0 Å². The van der Waals surface area contributed by atoms with Gasteiger partial charge in [-0.2, -0.15) is 5.10 Å². The fourth-order valence-electron chi connectivity index (χ4n) is 1.72. The highest BCUT2D eigenvalue weighted by molar-refractivity contribution is 5.80. The molecule has 1 atom stereocenters. The Hall–Kier alpha value is -2.43. The number of aryl methyl sites for hydroxylation is 1. The minimum atomic E-state index is -0.595. The zero-order valence-electron chi connectivity index (χ0n) is 10.8. The summed E-state index contributed by atoms with van der Waals surface area (Å²) in [6, 6.07) is 10.6. The minimum Gasteiger partial charge on any atom is -0.467 e. The van der Waals surface area contributed by atoms with E-state index in [1.165, 1.54) is 7.11 Å². The van der Waals surface area contributed by atoms with Gasteiger partial charge >= 0.3 is 5.97 Å². The molecule has 98 valence electrons. The number of hydrogen-bond donors (Lipinski definition) is 1. The maximum Gasteiger partial charge on any atom is 0.333 e. The van der Waals surface area contributed by atoms with Crippen LogP contribution in [0.4, 0.5) is 5.82 Å². The van der Waals surface area contributed by atoms with E-state index in [2.05, 4.69) is 15.5 Å². The van der Waals surface area contributed by atoms with Crippen LogP contribution in [0.15, 0.2) is 42.6 Å². The van der Waals surface area contributed by atoms with E-state index >= 15 is 0 Å². The van der Waals surface area contributed by atoms with Gasteiger partial charge < -0.3 is 10.1 Å². The molecule has 0 fully saturated rings. The van der Waals surface area contributed by atoms with Crippen LogP contribution in [-0.4, -0.2) is 23.3 Å². The van der Waals surface area contributed by atoms with E-state index in [0.29, 0.717) is 5.82 Å². The van der Waals surface area contributed by atoms with Crippen molar-refractivity contribution >= 4 is 11.8 Å². The van der Waals surface area contributed by atoms with Crippen LogP contribution in [0.2, 0.25) is 0 Å². The van der Waals surface area contributed by atoms with Crippen LogP contribution in [0.25, 0.3) is 0 Å². The normalized spacial score (nSPS) is 11.7. The molecule has 1 heterocycles. The first-order valence-corrected chi connectivity index (χ1v) is 5.89. The predicted molar refractivity (Wildman–Crippen MR) is 71.6 cm³/mol. The van der Waals surface area contributed by atoms with Crippen LogP contribution in [0, 0.1) is 6.92 Å². The third-order valence-corrected chi connectivity index (χ3v) is 2.65. The Labute approximate surface area is 111 Å². The number of hydrogen-bond acceptors (Lipinski definition) is 5. The lowest BCUT2D eigenvalue weighted by Gasteiger charge is -2.17. The van der Waals surface area contributed by atoms with E-state index < -0.39 is 6.04 Å². The van der Waals surface area contributed by atoms with Crippen molar-refractivity contribution in [1.29, 1.82) is 0 Å². The van der Waals surface area contributed by atoms with Crippen molar-refractivity contribution in [1.82, 2.24) is 10.2 Å². The molecule has 0 aliphatic rings. The van der Waals surface area contributed by atoms with Crippen LogP contribution in [0.5, 0.6) is 0 Å². The molecule has 1 aromatic carbocycles. The van der Waals surface area contributed by atoms with Gasteiger partial charge in [-0.25, -0.2) is 4.79 Å². The Morgan fingerprint density at radius 2 is 2.05 bits per heavy atom. The summed E-state index contributed by atoms with van der Waals surface area (Å²) >= 11 is 0. The number of carbonyl (C=O) groups excluding carboxylic acids is 1. The number of ether oxygens (including phenoxy) is 1. The number of esters is 1. The number of benzene rings is 1. The summed E-state index contributed by atoms with van der Waals surface area (Å²) in [6.07, 6.45) is 1.65. The molecule has 1 aromatic heterocycles. The second-order valence-corrected chi connectivity index (χ2v) is 4.13. The van der Waals surface area contributed by atoms with Gasteiger partial charge in [-0.1, -0.05) is 30.3 Å². The second kappa shape index (κ2) is 5.95. The molecule has 2 rings (SSSR count). The first-order chi connectivity index (χ1) is 9.20. The SMILES string of the molecule is COC(=O)C(Nc1cc(C)cnn1)c1ccccc1. The molecule has 0 bridgehead atoms. The van der Waals surface area contributed by atoms with Gasteiger partial charge in [-0.05, 0) is 24.1 Å². The monoisotopic (exact) mass is 257 g/mol. The molecule has 0 saturated heterocycles. The fourth-order valence-corrected chi connectivity index (χ4v) is 1.72. The largest absolute Gasteiger partial charge is 0.467 e. The number of aromatic nitrogens is 2. The van der Waals surface area contributed by atoms with Gasteiger partial charge in [0.2, 0.25) is 0 Å². The first-order valence-electron chi connectivity index (χ1n) is 5.89. The molecule has 2 aromatic rings. The Bertz CT molecular complexity index is 558. The van der Waals surface area contributed by atoms with Gasteiger partial charge in [0.05, 0.1) is 13.3 Å². The summed E-state index contributed by atoms with van der Waals surface area (Å²) < 4.78 is 4.82. The molecule has 1 unspecified atom stereocenters. The third kappa shape index (κ3) is 3.28. The topological polar surface area (TPSA) is 64.1 Å². The van der Waals surface area contributed by atoms with Crippen molar-refractivity contribution in [3.05, 3.63) is 53.7 Å². The minimum absolute atomic E-state index is 0.366. The molecule has 0 spiro atoms. The predicted octanol–water partition coefficient (Wildman–Crippen LogP) is 2.11. The Balaban J connectivity index is 2.27. The fraction of sp³-hybridized carbons (Fsp3) is 0.214. The van der Waals surface area contributed by atoms with Crippen LogP contribution >= 0.6 is 0 Å². The van der Waals surface area contributed by atoms with E-state index in [-0.39, 0.29) is 5.97 Å². The van der Waals surface area contributed by atoms with E-state index in [4.69, 9.17) is 4.74 Å². The highest BCUT2D eigenvalue weighted by Gasteiger charge is 2.21. The molecule has 0 saturated carbocycles. The average molecular weight is 257 g/mol. The van der Waals surface area contributed by atoms with E-state index in [1.54, 1.807) is 6.20 Å². The number of anilines is 1. The lowest BCUT2D eigenvalue weighted by atomic mass is 10.1. The van der Waals surface area contributed by atoms with Crippen LogP contribution in [0.1, 0.15) is 17.2 Å². The summed E-state index contributed by atoms with van der Waals surface area (Å²) in [5.74, 6) is 0.175. The van der Waals surface area contributed by atoms with Gasteiger partial charge in [0.1, 0.15) is 5.82 Å². The molecular weight excluding hydrogens is 242 g/mol. The van der Waals surface area contributed by atoms with Crippen molar-refractivity contribution in [2.75, 3.05) is 12.4 Å². The van der Waals surface area contributed by atoms with Crippen molar-refractivity contribution in [3.63, 3.8) is 0 Å². The second-order valence-electron chi connectivity index (χ2n) is 4.13. The highest BCUT2D eigenvalue weighted by Crippen LogP contribution is 2.19. The first kappa shape index (κ1) is 13.0. The molecule has 5 nitrogen and oxygen atoms in total. The van der Waals surface area contributed by atoms with Gasteiger partial charge in [0, 0.05) is 0 Å². The van der Waals surface area contributed by atoms with E-state index in [1.807, 2.05) is 43.3 Å². The number of carbonyl (C=O) groups is 1. The Morgan fingerprint density at radius 1 is 1.32 bits per heavy atom.